The van der Waals surface area contributed by atoms with Gasteiger partial charge in [-0.1, -0.05) is 0 Å². The Labute approximate surface area is 73.6 Å². The van der Waals surface area contributed by atoms with Crippen LogP contribution in [0, 0.1) is 34.8 Å². The summed E-state index contributed by atoms with van der Waals surface area (Å²) in [5.74, 6) is 1.85. The van der Waals surface area contributed by atoms with E-state index in [2.05, 4.69) is 5.92 Å². The van der Waals surface area contributed by atoms with Crippen LogP contribution in [-0.4, -0.2) is 0 Å². The van der Waals surface area contributed by atoms with Crippen LogP contribution >= 0.6 is 0 Å². The lowest BCUT2D eigenvalue weighted by atomic mass is 10.2. The van der Waals surface area contributed by atoms with Crippen molar-refractivity contribution in [3.63, 3.8) is 0 Å². The molecule has 1 rings (SSSR count). The zero-order valence-corrected chi connectivity index (χ0v) is 6.44. The first-order valence-electron chi connectivity index (χ1n) is 3.30. The molecule has 0 aliphatic rings. The van der Waals surface area contributed by atoms with Crippen LogP contribution in [0.2, 0.25) is 0 Å². The molecule has 0 aliphatic heterocycles. The highest BCUT2D eigenvalue weighted by Crippen LogP contribution is 2.16. The number of nitrogens with two attached hydrogens (primary N) is 1. The largest absolute Gasteiger partial charge is 0.396 e. The van der Waals surface area contributed by atoms with Crippen LogP contribution < -0.4 is 5.73 Å². The van der Waals surface area contributed by atoms with E-state index in [1.54, 1.807) is 0 Å². The number of nitrogen functional groups attached to an aromatic ring is 1. The highest BCUT2D eigenvalue weighted by Gasteiger charge is 2.09. The molecule has 64 valence electrons. The second kappa shape index (κ2) is 3.55. The molecule has 2 N–H and O–H groups in total. The van der Waals surface area contributed by atoms with Crippen LogP contribution in [-0.2, 0) is 0 Å². The van der Waals surface area contributed by atoms with Gasteiger partial charge in [0.15, 0.2) is 17.7 Å². The molecule has 0 bridgehead atoms. The quantitative estimate of drug-likeness (QED) is 0.482. The molecule has 0 saturated heterocycles. The summed E-state index contributed by atoms with van der Waals surface area (Å²) in [7, 11) is 0. The number of anilines is 1. The summed E-state index contributed by atoms with van der Waals surface area (Å²) in [6.07, 6.45) is 0. The maximum absolute atomic E-state index is 12.9. The van der Waals surface area contributed by atoms with Gasteiger partial charge >= 0.3 is 0 Å². The number of benzene rings is 1. The van der Waals surface area contributed by atoms with Crippen LogP contribution in [0.4, 0.5) is 14.5 Å². The van der Waals surface area contributed by atoms with Crippen molar-refractivity contribution in [1.29, 1.82) is 5.26 Å². The van der Waals surface area contributed by atoms with Gasteiger partial charge < -0.3 is 5.73 Å². The maximum atomic E-state index is 12.9. The Balaban J connectivity index is 3.28. The summed E-state index contributed by atoms with van der Waals surface area (Å²) in [5.41, 5.74) is 4.64. The van der Waals surface area contributed by atoms with Crippen molar-refractivity contribution >= 4 is 5.69 Å². The lowest BCUT2D eigenvalue weighted by molar-refractivity contribution is 0.510. The minimum absolute atomic E-state index is 0.173. The van der Waals surface area contributed by atoms with Crippen molar-refractivity contribution in [3.05, 3.63) is 29.3 Å². The fraction of sp³-hybridized carbons (Fsp3) is 0. The second-order valence-corrected chi connectivity index (χ2v) is 2.19. The number of hydrogen-bond acceptors (Lipinski definition) is 2. The molecule has 1 aromatic carbocycles. The van der Waals surface area contributed by atoms with Gasteiger partial charge in [0.05, 0.1) is 11.3 Å². The Morgan fingerprint density at radius 3 is 2.54 bits per heavy atom. The van der Waals surface area contributed by atoms with Crippen LogP contribution in [0.15, 0.2) is 12.1 Å². The number of rotatable bonds is 0. The number of halogens is 2. The Bertz CT molecular complexity index is 435. The third kappa shape index (κ3) is 1.74. The molecule has 4 heteroatoms. The van der Waals surface area contributed by atoms with Gasteiger partial charge in [-0.25, -0.2) is 8.78 Å². The normalized spacial score (nSPS) is 8.38. The van der Waals surface area contributed by atoms with E-state index in [9.17, 15) is 8.78 Å². The SMILES string of the molecule is N#CC#Cc1ccc(N)c(F)c1F. The number of nitriles is 1. The summed E-state index contributed by atoms with van der Waals surface area (Å²) in [6.45, 7) is 0. The summed E-state index contributed by atoms with van der Waals surface area (Å²) >= 11 is 0. The Hall–Kier alpha value is -2.07. The van der Waals surface area contributed by atoms with Crippen molar-refractivity contribution < 1.29 is 8.78 Å². The van der Waals surface area contributed by atoms with E-state index >= 15 is 0 Å². The molecule has 0 aliphatic carbocycles. The lowest BCUT2D eigenvalue weighted by Gasteiger charge is -1.98. The summed E-state index contributed by atoms with van der Waals surface area (Å²) < 4.78 is 25.7. The molecule has 0 saturated carbocycles. The highest BCUT2D eigenvalue weighted by atomic mass is 19.2. The van der Waals surface area contributed by atoms with E-state index in [0.29, 0.717) is 0 Å². The van der Waals surface area contributed by atoms with E-state index in [0.717, 1.165) is 0 Å². The van der Waals surface area contributed by atoms with Gasteiger partial charge in [0.1, 0.15) is 0 Å². The van der Waals surface area contributed by atoms with Crippen LogP contribution in [0.1, 0.15) is 5.56 Å². The van der Waals surface area contributed by atoms with E-state index in [1.807, 2.05) is 5.92 Å². The first-order valence-corrected chi connectivity index (χ1v) is 3.30. The Morgan fingerprint density at radius 1 is 1.23 bits per heavy atom. The highest BCUT2D eigenvalue weighted by molar-refractivity contribution is 5.48. The fourth-order valence-electron chi connectivity index (χ4n) is 0.756. The second-order valence-electron chi connectivity index (χ2n) is 2.19. The monoisotopic (exact) mass is 178 g/mol. The molecular weight excluding hydrogens is 174 g/mol. The molecule has 0 spiro atoms. The van der Waals surface area contributed by atoms with Gasteiger partial charge in [0.2, 0.25) is 0 Å². The van der Waals surface area contributed by atoms with Crippen molar-refractivity contribution in [2.45, 2.75) is 0 Å². The molecule has 13 heavy (non-hydrogen) atoms. The van der Waals surface area contributed by atoms with Crippen LogP contribution in [0.25, 0.3) is 0 Å². The van der Waals surface area contributed by atoms with Gasteiger partial charge in [-0.05, 0) is 18.1 Å². The molecular formula is C9H4F2N2. The van der Waals surface area contributed by atoms with Gasteiger partial charge in [0.25, 0.3) is 0 Å². The molecule has 1 aromatic rings. The minimum atomic E-state index is -1.13. The molecule has 0 heterocycles. The summed E-state index contributed by atoms with van der Waals surface area (Å²) in [4.78, 5) is 0. The van der Waals surface area contributed by atoms with Crippen molar-refractivity contribution in [3.8, 4) is 17.9 Å². The molecule has 0 amide bonds. The summed E-state index contributed by atoms with van der Waals surface area (Å²) in [6, 6.07) is 3.91. The Kier molecular flexibility index (Phi) is 2.47. The number of nitrogens with zero attached hydrogens (tertiary/aromatic N) is 1. The smallest absolute Gasteiger partial charge is 0.182 e. The van der Waals surface area contributed by atoms with Gasteiger partial charge in [-0.15, -0.1) is 0 Å². The zero-order valence-electron chi connectivity index (χ0n) is 6.44. The summed E-state index contributed by atoms with van der Waals surface area (Å²) in [5, 5.41) is 8.08. The standard InChI is InChI=1S/C9H4F2N2/c10-8-6(2-1-5-12)3-4-7(13)9(8)11/h3-4H,13H2. The first-order chi connectivity index (χ1) is 6.16. The van der Waals surface area contributed by atoms with Gasteiger partial charge in [-0.2, -0.15) is 5.26 Å². The molecule has 0 aromatic heterocycles. The zero-order chi connectivity index (χ0) is 9.84. The first kappa shape index (κ1) is 9.02. The van der Waals surface area contributed by atoms with Crippen LogP contribution in [0.3, 0.4) is 0 Å². The molecule has 0 unspecified atom stereocenters. The lowest BCUT2D eigenvalue weighted by Crippen LogP contribution is -1.96. The van der Waals surface area contributed by atoms with Gasteiger partial charge in [-0.3, -0.25) is 0 Å². The number of hydrogen-bond donors (Lipinski definition) is 1. The average molecular weight is 178 g/mol. The third-order valence-corrected chi connectivity index (χ3v) is 1.37. The third-order valence-electron chi connectivity index (χ3n) is 1.37. The maximum Gasteiger partial charge on any atom is 0.182 e. The van der Waals surface area contributed by atoms with Crippen molar-refractivity contribution in [2.24, 2.45) is 0 Å². The predicted octanol–water partition coefficient (Wildman–Crippen LogP) is 1.42. The molecule has 0 atom stereocenters. The predicted molar refractivity (Wildman–Crippen MR) is 43.3 cm³/mol. The molecule has 2 nitrogen and oxygen atoms in total. The molecule has 0 radical (unpaired) electrons. The topological polar surface area (TPSA) is 49.8 Å². The fourth-order valence-corrected chi connectivity index (χ4v) is 0.756. The van der Waals surface area contributed by atoms with E-state index in [4.69, 9.17) is 11.0 Å². The van der Waals surface area contributed by atoms with Crippen molar-refractivity contribution in [1.82, 2.24) is 0 Å². The van der Waals surface area contributed by atoms with E-state index in [-0.39, 0.29) is 11.3 Å². The van der Waals surface area contributed by atoms with Gasteiger partial charge in [0, 0.05) is 5.92 Å². The van der Waals surface area contributed by atoms with Crippen LogP contribution in [0.5, 0.6) is 0 Å². The average Bonchev–Trinajstić information content (AvgIpc) is 2.13. The minimum Gasteiger partial charge on any atom is -0.396 e. The Morgan fingerprint density at radius 2 is 1.92 bits per heavy atom. The van der Waals surface area contributed by atoms with E-state index < -0.39 is 11.6 Å². The van der Waals surface area contributed by atoms with E-state index in [1.165, 1.54) is 18.2 Å². The molecule has 0 fully saturated rings. The van der Waals surface area contributed by atoms with Crippen molar-refractivity contribution in [2.75, 3.05) is 5.73 Å².